The standard InChI is InChI=1S/C13H8ClFINO/c14-11-5-4-8(6-12(11)16)13(18)17-10-3-1-2-9(15)7-10/h1-7H,(H,17,18). The maximum atomic E-state index is 13.0. The number of rotatable bonds is 2. The van der Waals surface area contributed by atoms with Crippen LogP contribution in [0.3, 0.4) is 0 Å². The molecule has 0 unspecified atom stereocenters. The Morgan fingerprint density at radius 3 is 2.67 bits per heavy atom. The predicted octanol–water partition coefficient (Wildman–Crippen LogP) is 4.34. The average Bonchev–Trinajstić information content (AvgIpc) is 2.32. The van der Waals surface area contributed by atoms with Gasteiger partial charge in [-0.15, -0.1) is 0 Å². The molecule has 0 aromatic heterocycles. The van der Waals surface area contributed by atoms with Crippen molar-refractivity contribution in [2.45, 2.75) is 0 Å². The monoisotopic (exact) mass is 375 g/mol. The second kappa shape index (κ2) is 5.67. The van der Waals surface area contributed by atoms with Gasteiger partial charge in [0.05, 0.1) is 5.02 Å². The zero-order valence-corrected chi connectivity index (χ0v) is 12.0. The molecule has 2 rings (SSSR count). The summed E-state index contributed by atoms with van der Waals surface area (Å²) in [5.41, 5.74) is 0.901. The van der Waals surface area contributed by atoms with Gasteiger partial charge in [-0.1, -0.05) is 17.7 Å². The fraction of sp³-hybridized carbons (Fsp3) is 0. The summed E-state index contributed by atoms with van der Waals surface area (Å²) in [5, 5.41) is 3.22. The molecule has 0 saturated carbocycles. The number of carbonyl (C=O) groups excluding carboxylic acids is 1. The molecule has 5 heteroatoms. The Kier molecular flexibility index (Phi) is 4.19. The molecule has 18 heavy (non-hydrogen) atoms. The Hall–Kier alpha value is -1.14. The molecule has 2 aromatic rings. The van der Waals surface area contributed by atoms with Crippen LogP contribution in [0.4, 0.5) is 10.1 Å². The minimum absolute atomic E-state index is 0.296. The van der Waals surface area contributed by atoms with Crippen LogP contribution in [0.5, 0.6) is 0 Å². The zero-order valence-electron chi connectivity index (χ0n) is 9.08. The zero-order chi connectivity index (χ0) is 13.1. The molecule has 0 fully saturated rings. The number of hydrogen-bond donors (Lipinski definition) is 1. The lowest BCUT2D eigenvalue weighted by molar-refractivity contribution is 0.102. The van der Waals surface area contributed by atoms with Gasteiger partial charge >= 0.3 is 0 Å². The molecular formula is C13H8ClFINO. The fourth-order valence-corrected chi connectivity index (χ4v) is 2.04. The van der Waals surface area contributed by atoms with E-state index in [4.69, 9.17) is 11.6 Å². The molecule has 0 aliphatic carbocycles. The summed E-state index contributed by atoms with van der Waals surface area (Å²) in [5.74, 6) is -0.686. The second-order valence-corrected chi connectivity index (χ2v) is 5.16. The number of benzene rings is 2. The van der Waals surface area contributed by atoms with Crippen molar-refractivity contribution in [3.63, 3.8) is 0 Å². The van der Waals surface area contributed by atoms with E-state index in [-0.39, 0.29) is 5.91 Å². The predicted molar refractivity (Wildman–Crippen MR) is 78.5 cm³/mol. The van der Waals surface area contributed by atoms with Crippen LogP contribution >= 0.6 is 34.2 Å². The van der Waals surface area contributed by atoms with E-state index in [0.717, 1.165) is 3.57 Å². The highest BCUT2D eigenvalue weighted by Crippen LogP contribution is 2.20. The van der Waals surface area contributed by atoms with Crippen LogP contribution in [0, 0.1) is 9.39 Å². The van der Waals surface area contributed by atoms with Gasteiger partial charge in [-0.2, -0.15) is 0 Å². The van der Waals surface area contributed by atoms with Crippen LogP contribution in [-0.4, -0.2) is 5.91 Å². The van der Waals surface area contributed by atoms with Gasteiger partial charge in [0, 0.05) is 14.8 Å². The van der Waals surface area contributed by atoms with Gasteiger partial charge in [-0.3, -0.25) is 4.79 Å². The highest BCUT2D eigenvalue weighted by molar-refractivity contribution is 14.1. The highest BCUT2D eigenvalue weighted by atomic mass is 127. The molecule has 92 valence electrons. The topological polar surface area (TPSA) is 29.1 Å². The lowest BCUT2D eigenvalue weighted by atomic mass is 10.2. The first kappa shape index (κ1) is 13.3. The van der Waals surface area contributed by atoms with Crippen molar-refractivity contribution >= 4 is 45.8 Å². The molecule has 0 bridgehead atoms. The molecule has 2 nitrogen and oxygen atoms in total. The highest BCUT2D eigenvalue weighted by Gasteiger charge is 2.08. The van der Waals surface area contributed by atoms with Crippen molar-refractivity contribution < 1.29 is 9.18 Å². The molecule has 2 aromatic carbocycles. The normalized spacial score (nSPS) is 10.2. The van der Waals surface area contributed by atoms with E-state index in [1.54, 1.807) is 24.3 Å². The van der Waals surface area contributed by atoms with Crippen LogP contribution in [0.2, 0.25) is 5.02 Å². The fourth-order valence-electron chi connectivity index (χ4n) is 1.41. The SMILES string of the molecule is O=C(Nc1cccc(F)c1)c1ccc(Cl)c(I)c1. The summed E-state index contributed by atoms with van der Waals surface area (Å²) in [6, 6.07) is 10.7. The number of anilines is 1. The van der Waals surface area contributed by atoms with E-state index in [2.05, 4.69) is 5.32 Å². The van der Waals surface area contributed by atoms with E-state index in [1.165, 1.54) is 18.2 Å². The summed E-state index contributed by atoms with van der Waals surface area (Å²) in [6.45, 7) is 0. The molecule has 0 aliphatic heterocycles. The van der Waals surface area contributed by atoms with Crippen molar-refractivity contribution in [1.29, 1.82) is 0 Å². The van der Waals surface area contributed by atoms with Crippen LogP contribution < -0.4 is 5.32 Å². The molecule has 1 N–H and O–H groups in total. The molecule has 0 atom stereocenters. The third-order valence-corrected chi connectivity index (χ3v) is 3.81. The molecular weight excluding hydrogens is 368 g/mol. The molecule has 0 radical (unpaired) electrons. The first-order chi connectivity index (χ1) is 8.56. The summed E-state index contributed by atoms with van der Waals surface area (Å²) in [7, 11) is 0. The van der Waals surface area contributed by atoms with Crippen molar-refractivity contribution in [2.24, 2.45) is 0 Å². The number of halogens is 3. The van der Waals surface area contributed by atoms with E-state index in [9.17, 15) is 9.18 Å². The van der Waals surface area contributed by atoms with Gasteiger partial charge in [0.25, 0.3) is 5.91 Å². The maximum Gasteiger partial charge on any atom is 0.255 e. The third-order valence-electron chi connectivity index (χ3n) is 2.26. The van der Waals surface area contributed by atoms with E-state index >= 15 is 0 Å². The van der Waals surface area contributed by atoms with Crippen LogP contribution in [0.15, 0.2) is 42.5 Å². The first-order valence-electron chi connectivity index (χ1n) is 5.08. The molecule has 1 amide bonds. The minimum Gasteiger partial charge on any atom is -0.322 e. The average molecular weight is 376 g/mol. The number of amides is 1. The lowest BCUT2D eigenvalue weighted by Gasteiger charge is -2.06. The van der Waals surface area contributed by atoms with Crippen molar-refractivity contribution in [2.75, 3.05) is 5.32 Å². The van der Waals surface area contributed by atoms with Gasteiger partial charge < -0.3 is 5.32 Å². The summed E-state index contributed by atoms with van der Waals surface area (Å²) in [6.07, 6.45) is 0. The lowest BCUT2D eigenvalue weighted by Crippen LogP contribution is -2.12. The van der Waals surface area contributed by atoms with E-state index in [1.807, 2.05) is 22.6 Å². The maximum absolute atomic E-state index is 13.0. The smallest absolute Gasteiger partial charge is 0.255 e. The van der Waals surface area contributed by atoms with E-state index in [0.29, 0.717) is 16.3 Å². The Morgan fingerprint density at radius 1 is 1.22 bits per heavy atom. The summed E-state index contributed by atoms with van der Waals surface area (Å²) in [4.78, 5) is 11.9. The molecule has 0 aliphatic rings. The van der Waals surface area contributed by atoms with Crippen LogP contribution in [0.25, 0.3) is 0 Å². The van der Waals surface area contributed by atoms with Crippen molar-refractivity contribution in [3.8, 4) is 0 Å². The van der Waals surface area contributed by atoms with Gasteiger partial charge in [0.15, 0.2) is 0 Å². The molecule has 0 saturated heterocycles. The number of nitrogens with one attached hydrogen (secondary N) is 1. The Labute approximate surface area is 122 Å². The van der Waals surface area contributed by atoms with Gasteiger partial charge in [0.1, 0.15) is 5.82 Å². The quantitative estimate of drug-likeness (QED) is 0.778. The van der Waals surface area contributed by atoms with Gasteiger partial charge in [-0.05, 0) is 59.0 Å². The summed E-state index contributed by atoms with van der Waals surface area (Å²) < 4.78 is 13.8. The first-order valence-corrected chi connectivity index (χ1v) is 6.54. The summed E-state index contributed by atoms with van der Waals surface area (Å²) >= 11 is 7.93. The number of carbonyl (C=O) groups is 1. The van der Waals surface area contributed by atoms with E-state index < -0.39 is 5.82 Å². The van der Waals surface area contributed by atoms with Gasteiger partial charge in [0.2, 0.25) is 0 Å². The Balaban J connectivity index is 2.19. The molecule has 0 spiro atoms. The van der Waals surface area contributed by atoms with Crippen LogP contribution in [-0.2, 0) is 0 Å². The van der Waals surface area contributed by atoms with Gasteiger partial charge in [-0.25, -0.2) is 4.39 Å². The number of hydrogen-bond acceptors (Lipinski definition) is 1. The minimum atomic E-state index is -0.390. The third kappa shape index (κ3) is 3.20. The second-order valence-electron chi connectivity index (χ2n) is 3.59. The largest absolute Gasteiger partial charge is 0.322 e. The van der Waals surface area contributed by atoms with Crippen molar-refractivity contribution in [1.82, 2.24) is 0 Å². The molecule has 0 heterocycles. The Bertz CT molecular complexity index is 603. The van der Waals surface area contributed by atoms with Crippen LogP contribution in [0.1, 0.15) is 10.4 Å². The van der Waals surface area contributed by atoms with Crippen molar-refractivity contribution in [3.05, 3.63) is 62.4 Å². The Morgan fingerprint density at radius 2 is 2.00 bits per heavy atom.